The van der Waals surface area contributed by atoms with Crippen molar-refractivity contribution >= 4 is 0 Å². The monoisotopic (exact) mass is 231 g/mol. The summed E-state index contributed by atoms with van der Waals surface area (Å²) in [6.45, 7) is 3.49. The lowest BCUT2D eigenvalue weighted by Crippen LogP contribution is -2.46. The summed E-state index contributed by atoms with van der Waals surface area (Å²) in [6, 6.07) is 5.75. The van der Waals surface area contributed by atoms with Crippen molar-refractivity contribution in [3.05, 3.63) is 30.1 Å². The smallest absolute Gasteiger partial charge is 0.0312 e. The van der Waals surface area contributed by atoms with Gasteiger partial charge >= 0.3 is 0 Å². The van der Waals surface area contributed by atoms with Gasteiger partial charge in [-0.15, -0.1) is 0 Å². The molecule has 92 valence electrons. The van der Waals surface area contributed by atoms with Gasteiger partial charge in [-0.05, 0) is 43.9 Å². The molecule has 1 aromatic heterocycles. The average molecular weight is 231 g/mol. The molecule has 1 saturated carbocycles. The number of hydrogen-bond acceptors (Lipinski definition) is 3. The minimum absolute atomic E-state index is 0.716. The molecular weight excluding hydrogens is 210 g/mol. The Morgan fingerprint density at radius 1 is 1.29 bits per heavy atom. The highest BCUT2D eigenvalue weighted by Crippen LogP contribution is 2.22. The highest BCUT2D eigenvalue weighted by molar-refractivity contribution is 5.08. The Morgan fingerprint density at radius 2 is 2.24 bits per heavy atom. The highest BCUT2D eigenvalue weighted by atomic mass is 15.2. The maximum absolute atomic E-state index is 4.19. The summed E-state index contributed by atoms with van der Waals surface area (Å²) in [6.07, 6.45) is 9.28. The van der Waals surface area contributed by atoms with Crippen LogP contribution in [0.4, 0.5) is 0 Å². The van der Waals surface area contributed by atoms with Crippen LogP contribution in [-0.2, 0) is 6.54 Å². The maximum atomic E-state index is 4.19. The first-order valence-electron chi connectivity index (χ1n) is 6.77. The summed E-state index contributed by atoms with van der Waals surface area (Å²) in [5, 5.41) is 3.75. The first-order valence-corrected chi connectivity index (χ1v) is 6.77. The third-order valence-corrected chi connectivity index (χ3v) is 3.68. The second-order valence-corrected chi connectivity index (χ2v) is 5.38. The lowest BCUT2D eigenvalue weighted by molar-refractivity contribution is 0.182. The van der Waals surface area contributed by atoms with E-state index in [1.54, 1.807) is 0 Å². The van der Waals surface area contributed by atoms with Crippen molar-refractivity contribution in [1.29, 1.82) is 0 Å². The molecule has 1 saturated heterocycles. The number of likely N-dealkylation sites (tertiary alicyclic amines) is 1. The topological polar surface area (TPSA) is 28.2 Å². The molecule has 1 aromatic rings. The largest absolute Gasteiger partial charge is 0.310 e. The molecule has 2 fully saturated rings. The fraction of sp³-hybridized carbons (Fsp3) is 0.643. The summed E-state index contributed by atoms with van der Waals surface area (Å²) in [7, 11) is 0. The van der Waals surface area contributed by atoms with E-state index in [1.807, 2.05) is 18.5 Å². The normalized spacial score (nSPS) is 26.0. The number of hydrogen-bond donors (Lipinski definition) is 1. The van der Waals surface area contributed by atoms with Gasteiger partial charge in [0.15, 0.2) is 0 Å². The van der Waals surface area contributed by atoms with Crippen LogP contribution < -0.4 is 5.32 Å². The van der Waals surface area contributed by atoms with E-state index in [0.717, 1.165) is 12.6 Å². The van der Waals surface area contributed by atoms with E-state index in [2.05, 4.69) is 21.3 Å². The Balaban J connectivity index is 1.52. The molecule has 2 aliphatic rings. The molecular formula is C14H21N3. The summed E-state index contributed by atoms with van der Waals surface area (Å²) < 4.78 is 0. The van der Waals surface area contributed by atoms with E-state index < -0.39 is 0 Å². The minimum atomic E-state index is 0.716. The van der Waals surface area contributed by atoms with Crippen molar-refractivity contribution in [1.82, 2.24) is 15.2 Å². The lowest BCUT2D eigenvalue weighted by Gasteiger charge is -2.33. The van der Waals surface area contributed by atoms with Crippen LogP contribution in [0.3, 0.4) is 0 Å². The number of nitrogens with one attached hydrogen (secondary N) is 1. The van der Waals surface area contributed by atoms with E-state index in [1.165, 1.54) is 44.3 Å². The second-order valence-electron chi connectivity index (χ2n) is 5.38. The number of rotatable bonds is 4. The zero-order chi connectivity index (χ0) is 11.5. The molecule has 3 heteroatoms. The third-order valence-electron chi connectivity index (χ3n) is 3.68. The number of pyridine rings is 1. The Labute approximate surface area is 103 Å². The van der Waals surface area contributed by atoms with Crippen LogP contribution in [0.5, 0.6) is 0 Å². The van der Waals surface area contributed by atoms with Crippen LogP contribution in [0.2, 0.25) is 0 Å². The van der Waals surface area contributed by atoms with Crippen LogP contribution in [0.25, 0.3) is 0 Å². The molecule has 3 nitrogen and oxygen atoms in total. The van der Waals surface area contributed by atoms with Crippen molar-refractivity contribution in [2.75, 3.05) is 13.1 Å². The summed E-state index contributed by atoms with van der Waals surface area (Å²) in [4.78, 5) is 6.74. The van der Waals surface area contributed by atoms with Crippen LogP contribution in [0, 0.1) is 0 Å². The van der Waals surface area contributed by atoms with Gasteiger partial charge in [0.05, 0.1) is 0 Å². The first-order chi connectivity index (χ1) is 8.40. The maximum Gasteiger partial charge on any atom is 0.0312 e. The van der Waals surface area contributed by atoms with Crippen LogP contribution >= 0.6 is 0 Å². The van der Waals surface area contributed by atoms with E-state index in [0.29, 0.717) is 6.04 Å². The third kappa shape index (κ3) is 3.27. The Kier molecular flexibility index (Phi) is 3.39. The molecule has 1 unspecified atom stereocenters. The van der Waals surface area contributed by atoms with Gasteiger partial charge < -0.3 is 5.32 Å². The van der Waals surface area contributed by atoms with Gasteiger partial charge in [-0.25, -0.2) is 0 Å². The molecule has 2 heterocycles. The SMILES string of the molecule is c1cncc(CN2CCCC(NC3CC3)C2)c1. The molecule has 17 heavy (non-hydrogen) atoms. The second kappa shape index (κ2) is 5.15. The molecule has 1 aliphatic carbocycles. The number of nitrogens with zero attached hydrogens (tertiary/aromatic N) is 2. The molecule has 0 aromatic carbocycles. The van der Waals surface area contributed by atoms with E-state index in [9.17, 15) is 0 Å². The minimum Gasteiger partial charge on any atom is -0.310 e. The summed E-state index contributed by atoms with van der Waals surface area (Å²) >= 11 is 0. The fourth-order valence-corrected chi connectivity index (χ4v) is 2.67. The molecule has 1 aliphatic heterocycles. The number of aromatic nitrogens is 1. The van der Waals surface area contributed by atoms with Gasteiger partial charge in [0, 0.05) is 37.6 Å². The van der Waals surface area contributed by atoms with Gasteiger partial charge in [0.2, 0.25) is 0 Å². The van der Waals surface area contributed by atoms with E-state index in [-0.39, 0.29) is 0 Å². The van der Waals surface area contributed by atoms with Crippen molar-refractivity contribution in [3.8, 4) is 0 Å². The molecule has 0 bridgehead atoms. The number of piperidine rings is 1. The lowest BCUT2D eigenvalue weighted by atomic mass is 10.0. The molecule has 1 N–H and O–H groups in total. The fourth-order valence-electron chi connectivity index (χ4n) is 2.67. The van der Waals surface area contributed by atoms with Gasteiger partial charge in [0.1, 0.15) is 0 Å². The van der Waals surface area contributed by atoms with Crippen molar-refractivity contribution < 1.29 is 0 Å². The van der Waals surface area contributed by atoms with Gasteiger partial charge in [0.25, 0.3) is 0 Å². The van der Waals surface area contributed by atoms with Gasteiger partial charge in [-0.2, -0.15) is 0 Å². The molecule has 1 atom stereocenters. The molecule has 3 rings (SSSR count). The Bertz CT molecular complexity index is 348. The standard InChI is InChI=1S/C14H21N3/c1-3-12(9-15-7-1)10-17-8-2-4-14(11-17)16-13-5-6-13/h1,3,7,9,13-14,16H,2,4-6,8,10-11H2. The van der Waals surface area contributed by atoms with Gasteiger partial charge in [-0.1, -0.05) is 6.07 Å². The first kappa shape index (κ1) is 11.2. The summed E-state index contributed by atoms with van der Waals surface area (Å²) in [5.41, 5.74) is 1.33. The Hall–Kier alpha value is -0.930. The van der Waals surface area contributed by atoms with E-state index in [4.69, 9.17) is 0 Å². The Morgan fingerprint density at radius 3 is 3.00 bits per heavy atom. The van der Waals surface area contributed by atoms with Crippen molar-refractivity contribution in [3.63, 3.8) is 0 Å². The van der Waals surface area contributed by atoms with Crippen LogP contribution in [0.15, 0.2) is 24.5 Å². The summed E-state index contributed by atoms with van der Waals surface area (Å²) in [5.74, 6) is 0. The van der Waals surface area contributed by atoms with Crippen LogP contribution in [0.1, 0.15) is 31.2 Å². The van der Waals surface area contributed by atoms with Gasteiger partial charge in [-0.3, -0.25) is 9.88 Å². The quantitative estimate of drug-likeness (QED) is 0.856. The van der Waals surface area contributed by atoms with Crippen molar-refractivity contribution in [2.24, 2.45) is 0 Å². The zero-order valence-electron chi connectivity index (χ0n) is 10.3. The predicted octanol–water partition coefficient (Wildman–Crippen LogP) is 1.80. The molecule has 0 radical (unpaired) electrons. The van der Waals surface area contributed by atoms with Crippen LogP contribution in [-0.4, -0.2) is 35.1 Å². The zero-order valence-corrected chi connectivity index (χ0v) is 10.3. The highest BCUT2D eigenvalue weighted by Gasteiger charge is 2.27. The molecule has 0 amide bonds. The predicted molar refractivity (Wildman–Crippen MR) is 68.7 cm³/mol. The molecule has 0 spiro atoms. The van der Waals surface area contributed by atoms with E-state index >= 15 is 0 Å². The average Bonchev–Trinajstić information content (AvgIpc) is 3.15. The van der Waals surface area contributed by atoms with Crippen molar-refractivity contribution in [2.45, 2.75) is 44.3 Å².